The molecule has 0 bridgehead atoms. The van der Waals surface area contributed by atoms with Crippen molar-refractivity contribution in [3.05, 3.63) is 52.1 Å². The van der Waals surface area contributed by atoms with Crippen molar-refractivity contribution in [2.45, 2.75) is 32.2 Å². The summed E-state index contributed by atoms with van der Waals surface area (Å²) in [5.41, 5.74) is 3.96. The molecule has 4 rings (SSSR count). The number of rotatable bonds is 3. The van der Waals surface area contributed by atoms with Crippen molar-refractivity contribution in [2.24, 2.45) is 0 Å². The summed E-state index contributed by atoms with van der Waals surface area (Å²) in [4.78, 5) is 21.7. The minimum atomic E-state index is -0.119. The molecule has 1 aliphatic carbocycles. The van der Waals surface area contributed by atoms with Crippen LogP contribution in [0.25, 0.3) is 11.2 Å². The van der Waals surface area contributed by atoms with Crippen molar-refractivity contribution in [3.63, 3.8) is 0 Å². The number of nitrogens with one attached hydrogen (secondary N) is 1. The third-order valence-corrected chi connectivity index (χ3v) is 5.05. The monoisotopic (exact) mass is 384 g/mol. The lowest BCUT2D eigenvalue weighted by Gasteiger charge is -2.13. The number of imidazole rings is 1. The molecule has 24 heavy (non-hydrogen) atoms. The number of benzene rings is 1. The molecule has 2 aromatic heterocycles. The van der Waals surface area contributed by atoms with Gasteiger partial charge in [-0.2, -0.15) is 0 Å². The number of pyridine rings is 1. The molecule has 1 aliphatic rings. The van der Waals surface area contributed by atoms with E-state index in [1.165, 1.54) is 5.56 Å². The van der Waals surface area contributed by atoms with Crippen molar-refractivity contribution in [2.75, 3.05) is 5.32 Å². The molecular weight excluding hydrogens is 368 g/mol. The van der Waals surface area contributed by atoms with Gasteiger partial charge in [-0.15, -0.1) is 0 Å². The quantitative estimate of drug-likeness (QED) is 0.745. The fraction of sp³-hybridized carbons (Fsp3) is 0.278. The number of carbonyl (C=O) groups is 1. The normalized spacial score (nSPS) is 16.3. The van der Waals surface area contributed by atoms with E-state index in [1.807, 2.05) is 35.8 Å². The predicted molar refractivity (Wildman–Crippen MR) is 97.0 cm³/mol. The van der Waals surface area contributed by atoms with Crippen LogP contribution >= 0.6 is 15.9 Å². The zero-order valence-corrected chi connectivity index (χ0v) is 14.9. The molecule has 122 valence electrons. The highest BCUT2D eigenvalue weighted by Crippen LogP contribution is 2.35. The Hall–Kier alpha value is -2.21. The van der Waals surface area contributed by atoms with E-state index in [2.05, 4.69) is 37.3 Å². The van der Waals surface area contributed by atoms with Gasteiger partial charge >= 0.3 is 0 Å². The molecule has 0 fully saturated rings. The topological polar surface area (TPSA) is 59.8 Å². The number of aryl methyl sites for hydroxylation is 2. The van der Waals surface area contributed by atoms with Crippen LogP contribution in [0.2, 0.25) is 0 Å². The molecule has 1 unspecified atom stereocenters. The third kappa shape index (κ3) is 2.51. The molecule has 1 N–H and O–H groups in total. The molecule has 0 radical (unpaired) electrons. The van der Waals surface area contributed by atoms with Gasteiger partial charge in [0.1, 0.15) is 5.52 Å². The van der Waals surface area contributed by atoms with Crippen molar-refractivity contribution in [1.29, 1.82) is 0 Å². The first kappa shape index (κ1) is 15.3. The molecule has 0 aliphatic heterocycles. The molecule has 3 aromatic rings. The first-order valence-corrected chi connectivity index (χ1v) is 8.87. The molecule has 0 saturated carbocycles. The molecule has 1 atom stereocenters. The van der Waals surface area contributed by atoms with Crippen LogP contribution in [0, 0.1) is 0 Å². The van der Waals surface area contributed by atoms with Gasteiger partial charge in [-0.25, -0.2) is 9.97 Å². The maximum Gasteiger partial charge on any atom is 0.234 e. The zero-order valence-electron chi connectivity index (χ0n) is 13.3. The Balaban J connectivity index is 1.64. The molecule has 1 aromatic carbocycles. The lowest BCUT2D eigenvalue weighted by atomic mass is 10.0. The van der Waals surface area contributed by atoms with E-state index in [-0.39, 0.29) is 11.8 Å². The predicted octanol–water partition coefficient (Wildman–Crippen LogP) is 3.88. The molecule has 1 amide bonds. The number of hydrogen-bond donors (Lipinski definition) is 1. The Labute approximate surface area is 148 Å². The van der Waals surface area contributed by atoms with Gasteiger partial charge in [0.05, 0.1) is 5.92 Å². The summed E-state index contributed by atoms with van der Waals surface area (Å²) in [7, 11) is 0. The Bertz CT molecular complexity index is 934. The van der Waals surface area contributed by atoms with Gasteiger partial charge in [-0.3, -0.25) is 14.7 Å². The van der Waals surface area contributed by atoms with E-state index in [0.29, 0.717) is 12.5 Å². The molecule has 0 saturated heterocycles. The molecular formula is C18H17BrN4O. The van der Waals surface area contributed by atoms with Crippen molar-refractivity contribution in [1.82, 2.24) is 14.5 Å². The van der Waals surface area contributed by atoms with Crippen LogP contribution in [-0.4, -0.2) is 20.4 Å². The van der Waals surface area contributed by atoms with Crippen LogP contribution in [-0.2, 0) is 17.8 Å². The summed E-state index contributed by atoms with van der Waals surface area (Å²) in [5.74, 6) is 0.453. The summed E-state index contributed by atoms with van der Waals surface area (Å²) >= 11 is 3.49. The van der Waals surface area contributed by atoms with Crippen molar-refractivity contribution >= 4 is 38.9 Å². The maximum atomic E-state index is 12.8. The van der Waals surface area contributed by atoms with Crippen LogP contribution < -0.4 is 5.32 Å². The first-order chi connectivity index (χ1) is 11.7. The van der Waals surface area contributed by atoms with E-state index < -0.39 is 0 Å². The minimum absolute atomic E-state index is 0.000999. The van der Waals surface area contributed by atoms with Gasteiger partial charge in [0.15, 0.2) is 5.65 Å². The van der Waals surface area contributed by atoms with Crippen LogP contribution in [0.1, 0.15) is 30.4 Å². The van der Waals surface area contributed by atoms with Gasteiger partial charge in [0, 0.05) is 17.2 Å². The number of amides is 1. The fourth-order valence-corrected chi connectivity index (χ4v) is 3.82. The largest absolute Gasteiger partial charge is 0.295 e. The second-order valence-corrected chi connectivity index (χ2v) is 6.87. The number of anilines is 1. The van der Waals surface area contributed by atoms with Gasteiger partial charge in [-0.05, 0) is 55.2 Å². The van der Waals surface area contributed by atoms with Crippen LogP contribution in [0.3, 0.4) is 0 Å². The summed E-state index contributed by atoms with van der Waals surface area (Å²) in [6, 6.07) is 9.91. The first-order valence-electron chi connectivity index (χ1n) is 8.08. The average molecular weight is 385 g/mol. The van der Waals surface area contributed by atoms with Crippen LogP contribution in [0.4, 0.5) is 5.95 Å². The zero-order chi connectivity index (χ0) is 16.7. The number of hydrogen-bond acceptors (Lipinski definition) is 3. The average Bonchev–Trinajstić information content (AvgIpc) is 3.14. The molecule has 6 heteroatoms. The van der Waals surface area contributed by atoms with Gasteiger partial charge in [-0.1, -0.05) is 22.0 Å². The third-order valence-electron chi connectivity index (χ3n) is 4.55. The molecule has 5 nitrogen and oxygen atoms in total. The Morgan fingerprint density at radius 2 is 2.29 bits per heavy atom. The molecule has 2 heterocycles. The summed E-state index contributed by atoms with van der Waals surface area (Å²) in [6.45, 7) is 2.73. The number of fused-ring (bicyclic) bond motifs is 2. The number of aromatic nitrogens is 3. The van der Waals surface area contributed by atoms with Crippen LogP contribution in [0.15, 0.2) is 41.0 Å². The Morgan fingerprint density at radius 3 is 3.12 bits per heavy atom. The number of halogens is 1. The minimum Gasteiger partial charge on any atom is -0.295 e. The SMILES string of the molecule is CCn1c(NC(=O)C2CCc3cc(Br)ccc32)nc2cccnc21. The Kier molecular flexibility index (Phi) is 3.84. The molecule has 0 spiro atoms. The lowest BCUT2D eigenvalue weighted by Crippen LogP contribution is -2.21. The van der Waals surface area contributed by atoms with Crippen molar-refractivity contribution < 1.29 is 4.79 Å². The van der Waals surface area contributed by atoms with Crippen LogP contribution in [0.5, 0.6) is 0 Å². The smallest absolute Gasteiger partial charge is 0.234 e. The maximum absolute atomic E-state index is 12.8. The highest BCUT2D eigenvalue weighted by molar-refractivity contribution is 9.10. The lowest BCUT2D eigenvalue weighted by molar-refractivity contribution is -0.117. The summed E-state index contributed by atoms with van der Waals surface area (Å²) in [5, 5.41) is 3.01. The van der Waals surface area contributed by atoms with Crippen molar-refractivity contribution in [3.8, 4) is 0 Å². The summed E-state index contributed by atoms with van der Waals surface area (Å²) < 4.78 is 2.99. The summed E-state index contributed by atoms with van der Waals surface area (Å²) in [6.07, 6.45) is 3.51. The fourth-order valence-electron chi connectivity index (χ4n) is 3.41. The van der Waals surface area contributed by atoms with E-state index >= 15 is 0 Å². The van der Waals surface area contributed by atoms with E-state index in [9.17, 15) is 4.79 Å². The second-order valence-electron chi connectivity index (χ2n) is 5.95. The standard InChI is InChI=1S/C18H17BrN4O/c1-2-23-16-15(4-3-9-20-16)21-18(23)22-17(24)14-7-5-11-10-12(19)6-8-13(11)14/h3-4,6,8-10,14H,2,5,7H2,1H3,(H,21,22,24). The second kappa shape index (κ2) is 6.02. The van der Waals surface area contributed by atoms with Gasteiger partial charge in [0.25, 0.3) is 0 Å². The van der Waals surface area contributed by atoms with E-state index in [0.717, 1.165) is 34.0 Å². The Morgan fingerprint density at radius 1 is 1.42 bits per heavy atom. The van der Waals surface area contributed by atoms with E-state index in [4.69, 9.17) is 0 Å². The van der Waals surface area contributed by atoms with Gasteiger partial charge < -0.3 is 0 Å². The van der Waals surface area contributed by atoms with Gasteiger partial charge in [0.2, 0.25) is 11.9 Å². The number of carbonyl (C=O) groups excluding carboxylic acids is 1. The van der Waals surface area contributed by atoms with E-state index in [1.54, 1.807) is 6.20 Å². The number of nitrogens with zero attached hydrogens (tertiary/aromatic N) is 3. The highest BCUT2D eigenvalue weighted by atomic mass is 79.9. The highest BCUT2D eigenvalue weighted by Gasteiger charge is 2.29.